The molecule has 0 aliphatic rings. The van der Waals surface area contributed by atoms with Crippen molar-refractivity contribution in [2.45, 2.75) is 12.3 Å². The highest BCUT2D eigenvalue weighted by Crippen LogP contribution is 1.86. The number of hydrogen-bond donors (Lipinski definition) is 3. The van der Waals surface area contributed by atoms with E-state index in [1.807, 2.05) is 0 Å². The molecule has 0 radical (unpaired) electrons. The SMILES string of the molecule is C=CC(N=O)NCC(O)CO. The van der Waals surface area contributed by atoms with Gasteiger partial charge in [0.2, 0.25) is 0 Å². The number of aliphatic hydroxyl groups is 2. The quantitative estimate of drug-likeness (QED) is 0.351. The van der Waals surface area contributed by atoms with Crippen LogP contribution in [0.2, 0.25) is 0 Å². The number of nitrogens with zero attached hydrogens (tertiary/aromatic N) is 1. The number of rotatable bonds is 6. The van der Waals surface area contributed by atoms with Gasteiger partial charge in [0.25, 0.3) is 0 Å². The van der Waals surface area contributed by atoms with Gasteiger partial charge in [-0.25, -0.2) is 0 Å². The van der Waals surface area contributed by atoms with E-state index in [0.29, 0.717) is 0 Å². The van der Waals surface area contributed by atoms with Crippen LogP contribution in [0.15, 0.2) is 17.8 Å². The predicted octanol–water partition coefficient (Wildman–Crippen LogP) is -0.792. The lowest BCUT2D eigenvalue weighted by Crippen LogP contribution is -2.34. The van der Waals surface area contributed by atoms with Crippen LogP contribution in [0, 0.1) is 4.91 Å². The Labute approximate surface area is 64.7 Å². The average molecular weight is 160 g/mol. The zero-order valence-electron chi connectivity index (χ0n) is 6.10. The normalized spacial score (nSPS) is 15.5. The zero-order valence-corrected chi connectivity index (χ0v) is 6.10. The summed E-state index contributed by atoms with van der Waals surface area (Å²) >= 11 is 0. The smallest absolute Gasteiger partial charge is 0.160 e. The minimum absolute atomic E-state index is 0.124. The minimum Gasteiger partial charge on any atom is -0.394 e. The molecule has 0 aromatic rings. The molecule has 0 aliphatic heterocycles. The van der Waals surface area contributed by atoms with Crippen molar-refractivity contribution in [3.8, 4) is 0 Å². The first-order valence-electron chi connectivity index (χ1n) is 3.22. The van der Waals surface area contributed by atoms with Crippen LogP contribution in [0.1, 0.15) is 0 Å². The summed E-state index contributed by atoms with van der Waals surface area (Å²) in [6, 6.07) is 0. The Morgan fingerprint density at radius 1 is 1.73 bits per heavy atom. The molecule has 5 heteroatoms. The molecular weight excluding hydrogens is 148 g/mol. The third-order valence-corrected chi connectivity index (χ3v) is 1.11. The van der Waals surface area contributed by atoms with Crippen LogP contribution in [0.25, 0.3) is 0 Å². The van der Waals surface area contributed by atoms with Crippen LogP contribution >= 0.6 is 0 Å². The fourth-order valence-electron chi connectivity index (χ4n) is 0.485. The fourth-order valence-corrected chi connectivity index (χ4v) is 0.485. The number of aliphatic hydroxyl groups excluding tert-OH is 2. The molecule has 0 spiro atoms. The second-order valence-electron chi connectivity index (χ2n) is 2.03. The van der Waals surface area contributed by atoms with Gasteiger partial charge in [-0.15, -0.1) is 4.91 Å². The molecule has 0 bridgehead atoms. The summed E-state index contributed by atoms with van der Waals surface area (Å²) in [5.74, 6) is 0. The van der Waals surface area contributed by atoms with E-state index in [0.717, 1.165) is 0 Å². The third-order valence-electron chi connectivity index (χ3n) is 1.11. The summed E-state index contributed by atoms with van der Waals surface area (Å²) in [5, 5.41) is 22.4. The molecular formula is C6H12N2O3. The van der Waals surface area contributed by atoms with Gasteiger partial charge < -0.3 is 10.2 Å². The van der Waals surface area contributed by atoms with Crippen LogP contribution in [0.3, 0.4) is 0 Å². The van der Waals surface area contributed by atoms with Gasteiger partial charge in [0.05, 0.1) is 12.7 Å². The summed E-state index contributed by atoms with van der Waals surface area (Å²) in [6.07, 6.45) is -0.243. The van der Waals surface area contributed by atoms with Crippen LogP contribution < -0.4 is 5.32 Å². The summed E-state index contributed by atoms with van der Waals surface area (Å²) < 4.78 is 0. The highest BCUT2D eigenvalue weighted by atomic mass is 16.3. The van der Waals surface area contributed by atoms with E-state index in [-0.39, 0.29) is 13.2 Å². The Balaban J connectivity index is 3.49. The van der Waals surface area contributed by atoms with Crippen molar-refractivity contribution in [1.82, 2.24) is 5.32 Å². The number of nitrogens with one attached hydrogen (secondary N) is 1. The first-order chi connectivity index (χ1) is 5.24. The lowest BCUT2D eigenvalue weighted by Gasteiger charge is -2.09. The van der Waals surface area contributed by atoms with Crippen molar-refractivity contribution in [2.24, 2.45) is 5.18 Å². The van der Waals surface area contributed by atoms with Crippen molar-refractivity contribution in [3.05, 3.63) is 17.6 Å². The van der Waals surface area contributed by atoms with E-state index in [1.54, 1.807) is 0 Å². The van der Waals surface area contributed by atoms with Crippen LogP contribution in [-0.4, -0.2) is 35.6 Å². The van der Waals surface area contributed by atoms with Crippen molar-refractivity contribution < 1.29 is 10.2 Å². The molecule has 0 saturated carbocycles. The minimum atomic E-state index is -0.862. The van der Waals surface area contributed by atoms with Crippen LogP contribution in [0.5, 0.6) is 0 Å². The van der Waals surface area contributed by atoms with Crippen LogP contribution in [0.4, 0.5) is 0 Å². The Morgan fingerprint density at radius 2 is 2.36 bits per heavy atom. The van der Waals surface area contributed by atoms with Gasteiger partial charge in [0.15, 0.2) is 6.17 Å². The molecule has 0 fully saturated rings. The second kappa shape index (κ2) is 5.96. The average Bonchev–Trinajstić information content (AvgIpc) is 2.06. The molecule has 0 aromatic heterocycles. The second-order valence-corrected chi connectivity index (χ2v) is 2.03. The van der Waals surface area contributed by atoms with Gasteiger partial charge in [-0.2, -0.15) is 0 Å². The molecule has 2 atom stereocenters. The maximum atomic E-state index is 9.91. The van der Waals surface area contributed by atoms with Gasteiger partial charge in [-0.3, -0.25) is 5.32 Å². The van der Waals surface area contributed by atoms with E-state index >= 15 is 0 Å². The molecule has 11 heavy (non-hydrogen) atoms. The first-order valence-corrected chi connectivity index (χ1v) is 3.22. The maximum absolute atomic E-state index is 9.91. The standard InChI is InChI=1S/C6H12N2O3/c1-2-6(8-11)7-3-5(10)4-9/h2,5-7,9-10H,1,3-4H2. The molecule has 5 nitrogen and oxygen atoms in total. The largest absolute Gasteiger partial charge is 0.394 e. The third kappa shape index (κ3) is 4.60. The lowest BCUT2D eigenvalue weighted by molar-refractivity contribution is 0.0933. The highest BCUT2D eigenvalue weighted by molar-refractivity contribution is 4.83. The Bertz CT molecular complexity index is 121. The summed E-state index contributed by atoms with van der Waals surface area (Å²) in [4.78, 5) is 9.91. The van der Waals surface area contributed by atoms with E-state index in [1.165, 1.54) is 6.08 Å². The summed E-state index contributed by atoms with van der Waals surface area (Å²) in [6.45, 7) is 3.12. The van der Waals surface area contributed by atoms with Gasteiger partial charge >= 0.3 is 0 Å². The number of hydrogen-bond acceptors (Lipinski definition) is 5. The van der Waals surface area contributed by atoms with Gasteiger partial charge in [0.1, 0.15) is 0 Å². The zero-order chi connectivity index (χ0) is 8.69. The van der Waals surface area contributed by atoms with Crippen molar-refractivity contribution in [1.29, 1.82) is 0 Å². The van der Waals surface area contributed by atoms with E-state index in [4.69, 9.17) is 10.2 Å². The molecule has 0 aromatic carbocycles. The molecule has 0 aliphatic carbocycles. The summed E-state index contributed by atoms with van der Waals surface area (Å²) in [7, 11) is 0. The fraction of sp³-hybridized carbons (Fsp3) is 0.667. The topological polar surface area (TPSA) is 81.9 Å². The molecule has 2 unspecified atom stereocenters. The molecule has 3 N–H and O–H groups in total. The first kappa shape index (κ1) is 10.2. The predicted molar refractivity (Wildman–Crippen MR) is 40.9 cm³/mol. The maximum Gasteiger partial charge on any atom is 0.160 e. The Kier molecular flexibility index (Phi) is 5.54. The molecule has 0 heterocycles. The lowest BCUT2D eigenvalue weighted by atomic mass is 10.3. The van der Waals surface area contributed by atoms with E-state index in [9.17, 15) is 4.91 Å². The monoisotopic (exact) mass is 160 g/mol. The molecule has 0 amide bonds. The Hall–Kier alpha value is -0.780. The summed E-state index contributed by atoms with van der Waals surface area (Å²) in [5.41, 5.74) is 0. The number of nitroso groups, excluding NO2 is 1. The van der Waals surface area contributed by atoms with Gasteiger partial charge in [0, 0.05) is 6.54 Å². The van der Waals surface area contributed by atoms with Crippen molar-refractivity contribution in [3.63, 3.8) is 0 Å². The van der Waals surface area contributed by atoms with E-state index in [2.05, 4.69) is 17.1 Å². The Morgan fingerprint density at radius 3 is 2.73 bits per heavy atom. The van der Waals surface area contributed by atoms with Crippen molar-refractivity contribution in [2.75, 3.05) is 13.2 Å². The molecule has 0 rings (SSSR count). The van der Waals surface area contributed by atoms with Gasteiger partial charge in [-0.1, -0.05) is 6.58 Å². The highest BCUT2D eigenvalue weighted by Gasteiger charge is 2.05. The van der Waals surface area contributed by atoms with Crippen molar-refractivity contribution >= 4 is 0 Å². The molecule has 64 valence electrons. The van der Waals surface area contributed by atoms with Gasteiger partial charge in [-0.05, 0) is 11.3 Å². The molecule has 0 saturated heterocycles. The van der Waals surface area contributed by atoms with Crippen LogP contribution in [-0.2, 0) is 0 Å². The van der Waals surface area contributed by atoms with E-state index < -0.39 is 12.3 Å².